The Bertz CT molecular complexity index is 1220. The summed E-state index contributed by atoms with van der Waals surface area (Å²) in [6.45, 7) is 16.0. The Kier molecular flexibility index (Phi) is 7.68. The number of amides is 3. The lowest BCUT2D eigenvalue weighted by Gasteiger charge is -2.26. The highest BCUT2D eigenvalue weighted by Gasteiger charge is 2.24. The molecule has 3 rings (SSSR count). The second-order valence-electron chi connectivity index (χ2n) is 10.4. The summed E-state index contributed by atoms with van der Waals surface area (Å²) in [5, 5.41) is 10.7. The first kappa shape index (κ1) is 26.0. The molecule has 0 radical (unpaired) electrons. The predicted molar refractivity (Wildman–Crippen MR) is 142 cm³/mol. The standard InChI is InChI=1S/C28H37N5O2/c1-18(2)32(27(35)29-22-14-13-19(3)21(5)15-22)17-26(34)30-25-16-24(28(6,7)8)31-33(25)23-12-10-9-11-20(23)4/h9-16,18H,17H2,1-8H3,(H,29,35)(H,30,34). The van der Waals surface area contributed by atoms with Gasteiger partial charge in [-0.2, -0.15) is 5.10 Å². The van der Waals surface area contributed by atoms with Crippen LogP contribution in [0.5, 0.6) is 0 Å². The maximum Gasteiger partial charge on any atom is 0.322 e. The molecule has 0 fully saturated rings. The highest BCUT2D eigenvalue weighted by molar-refractivity contribution is 5.97. The van der Waals surface area contributed by atoms with Crippen molar-refractivity contribution in [2.24, 2.45) is 0 Å². The number of hydrogen-bond donors (Lipinski definition) is 2. The monoisotopic (exact) mass is 475 g/mol. The van der Waals surface area contributed by atoms with Crippen LogP contribution in [0.15, 0.2) is 48.5 Å². The molecule has 0 unspecified atom stereocenters. The van der Waals surface area contributed by atoms with Crippen molar-refractivity contribution in [1.29, 1.82) is 0 Å². The van der Waals surface area contributed by atoms with Crippen LogP contribution in [0.25, 0.3) is 5.69 Å². The average Bonchev–Trinajstić information content (AvgIpc) is 3.18. The minimum atomic E-state index is -0.318. The van der Waals surface area contributed by atoms with Gasteiger partial charge in [0.2, 0.25) is 5.91 Å². The zero-order valence-corrected chi connectivity index (χ0v) is 22.1. The number of aromatic nitrogens is 2. The quantitative estimate of drug-likeness (QED) is 0.460. The van der Waals surface area contributed by atoms with E-state index in [1.54, 1.807) is 4.68 Å². The molecule has 0 bridgehead atoms. The van der Waals surface area contributed by atoms with E-state index in [1.165, 1.54) is 4.90 Å². The van der Waals surface area contributed by atoms with Crippen LogP contribution < -0.4 is 10.6 Å². The molecule has 2 N–H and O–H groups in total. The lowest BCUT2D eigenvalue weighted by Crippen LogP contribution is -2.44. The van der Waals surface area contributed by atoms with Crippen LogP contribution in [0.1, 0.15) is 57.0 Å². The van der Waals surface area contributed by atoms with Gasteiger partial charge in [-0.3, -0.25) is 4.79 Å². The van der Waals surface area contributed by atoms with E-state index in [0.29, 0.717) is 11.5 Å². The molecule has 0 aliphatic carbocycles. The van der Waals surface area contributed by atoms with Gasteiger partial charge < -0.3 is 15.5 Å². The van der Waals surface area contributed by atoms with Gasteiger partial charge in [-0.1, -0.05) is 45.0 Å². The molecule has 0 atom stereocenters. The maximum atomic E-state index is 13.1. The Morgan fingerprint density at radius 1 is 0.943 bits per heavy atom. The number of rotatable bonds is 6. The summed E-state index contributed by atoms with van der Waals surface area (Å²) in [5.74, 6) is 0.289. The van der Waals surface area contributed by atoms with Gasteiger partial charge in [-0.15, -0.1) is 0 Å². The van der Waals surface area contributed by atoms with Crippen molar-refractivity contribution in [3.05, 3.63) is 70.9 Å². The predicted octanol–water partition coefficient (Wildman–Crippen LogP) is 5.98. The van der Waals surface area contributed by atoms with Crippen LogP contribution in [0, 0.1) is 20.8 Å². The molecule has 0 aliphatic heterocycles. The van der Waals surface area contributed by atoms with Gasteiger partial charge in [0.05, 0.1) is 11.4 Å². The number of benzene rings is 2. The fourth-order valence-corrected chi connectivity index (χ4v) is 3.66. The first-order valence-corrected chi connectivity index (χ1v) is 12.0. The van der Waals surface area contributed by atoms with Crippen LogP contribution in [0.3, 0.4) is 0 Å². The van der Waals surface area contributed by atoms with Gasteiger partial charge in [-0.05, 0) is 69.5 Å². The van der Waals surface area contributed by atoms with Gasteiger partial charge in [0.1, 0.15) is 12.4 Å². The van der Waals surface area contributed by atoms with Gasteiger partial charge in [-0.25, -0.2) is 9.48 Å². The zero-order valence-electron chi connectivity index (χ0n) is 22.1. The Hall–Kier alpha value is -3.61. The SMILES string of the molecule is Cc1ccc(NC(=O)N(CC(=O)Nc2cc(C(C)(C)C)nn2-c2ccccc2C)C(C)C)cc1C. The topological polar surface area (TPSA) is 79.3 Å². The van der Waals surface area contributed by atoms with Crippen LogP contribution >= 0.6 is 0 Å². The van der Waals surface area contributed by atoms with Crippen molar-refractivity contribution >= 4 is 23.4 Å². The third kappa shape index (κ3) is 6.29. The summed E-state index contributed by atoms with van der Waals surface area (Å²) in [6, 6.07) is 15.1. The van der Waals surface area contributed by atoms with Crippen molar-refractivity contribution in [3.8, 4) is 5.69 Å². The van der Waals surface area contributed by atoms with Crippen LogP contribution in [-0.4, -0.2) is 39.2 Å². The number of hydrogen-bond acceptors (Lipinski definition) is 3. The molecule has 1 heterocycles. The smallest absolute Gasteiger partial charge is 0.313 e. The van der Waals surface area contributed by atoms with E-state index in [4.69, 9.17) is 5.10 Å². The number of nitrogens with zero attached hydrogens (tertiary/aromatic N) is 3. The third-order valence-electron chi connectivity index (χ3n) is 6.05. The molecule has 7 nitrogen and oxygen atoms in total. The summed E-state index contributed by atoms with van der Waals surface area (Å²) >= 11 is 0. The molecule has 35 heavy (non-hydrogen) atoms. The summed E-state index contributed by atoms with van der Waals surface area (Å²) in [5.41, 5.74) is 5.57. The highest BCUT2D eigenvalue weighted by atomic mass is 16.2. The van der Waals surface area contributed by atoms with E-state index in [-0.39, 0.29) is 29.9 Å². The molecule has 0 spiro atoms. The zero-order chi connectivity index (χ0) is 25.9. The minimum Gasteiger partial charge on any atom is -0.313 e. The molecular weight excluding hydrogens is 438 g/mol. The van der Waals surface area contributed by atoms with Crippen molar-refractivity contribution in [2.75, 3.05) is 17.2 Å². The molecule has 2 aromatic carbocycles. The fourth-order valence-electron chi connectivity index (χ4n) is 3.66. The van der Waals surface area contributed by atoms with Gasteiger partial charge >= 0.3 is 6.03 Å². The summed E-state index contributed by atoms with van der Waals surface area (Å²) < 4.78 is 1.77. The Morgan fingerprint density at radius 3 is 2.23 bits per heavy atom. The summed E-state index contributed by atoms with van der Waals surface area (Å²) in [4.78, 5) is 27.7. The number of carbonyl (C=O) groups is 2. The minimum absolute atomic E-state index is 0.0852. The Morgan fingerprint density at radius 2 is 1.63 bits per heavy atom. The van der Waals surface area contributed by atoms with E-state index in [2.05, 4.69) is 31.4 Å². The van der Waals surface area contributed by atoms with Crippen LogP contribution in [0.4, 0.5) is 16.3 Å². The Balaban J connectivity index is 1.82. The van der Waals surface area contributed by atoms with Crippen molar-refractivity contribution in [1.82, 2.24) is 14.7 Å². The molecule has 1 aromatic heterocycles. The molecule has 0 saturated carbocycles. The van der Waals surface area contributed by atoms with Crippen LogP contribution in [-0.2, 0) is 10.2 Å². The molecular formula is C28H37N5O2. The third-order valence-corrected chi connectivity index (χ3v) is 6.05. The molecule has 3 aromatic rings. The van der Waals surface area contributed by atoms with Crippen molar-refractivity contribution in [3.63, 3.8) is 0 Å². The molecule has 3 amide bonds. The number of carbonyl (C=O) groups excluding carboxylic acids is 2. The van der Waals surface area contributed by atoms with E-state index in [9.17, 15) is 9.59 Å². The van der Waals surface area contributed by atoms with Crippen LogP contribution in [0.2, 0.25) is 0 Å². The molecule has 7 heteroatoms. The number of para-hydroxylation sites is 1. The van der Waals surface area contributed by atoms with E-state index in [1.807, 2.05) is 83.1 Å². The highest BCUT2D eigenvalue weighted by Crippen LogP contribution is 2.27. The first-order valence-electron chi connectivity index (χ1n) is 12.0. The van der Waals surface area contributed by atoms with E-state index < -0.39 is 0 Å². The van der Waals surface area contributed by atoms with Crippen molar-refractivity contribution < 1.29 is 9.59 Å². The number of nitrogens with one attached hydrogen (secondary N) is 2. The fraction of sp³-hybridized carbons (Fsp3) is 0.393. The largest absolute Gasteiger partial charge is 0.322 e. The number of aryl methyl sites for hydroxylation is 3. The lowest BCUT2D eigenvalue weighted by molar-refractivity contribution is -0.117. The van der Waals surface area contributed by atoms with E-state index in [0.717, 1.165) is 28.1 Å². The van der Waals surface area contributed by atoms with Gasteiger partial charge in [0, 0.05) is 23.2 Å². The van der Waals surface area contributed by atoms with Gasteiger partial charge in [0.25, 0.3) is 0 Å². The van der Waals surface area contributed by atoms with Crippen molar-refractivity contribution in [2.45, 2.75) is 66.8 Å². The second kappa shape index (κ2) is 10.3. The Labute approximate surface area is 208 Å². The lowest BCUT2D eigenvalue weighted by atomic mass is 9.92. The summed E-state index contributed by atoms with van der Waals surface area (Å²) in [7, 11) is 0. The maximum absolute atomic E-state index is 13.1. The average molecular weight is 476 g/mol. The van der Waals surface area contributed by atoms with Gasteiger partial charge in [0.15, 0.2) is 0 Å². The molecule has 0 aliphatic rings. The second-order valence-corrected chi connectivity index (χ2v) is 10.4. The summed E-state index contributed by atoms with van der Waals surface area (Å²) in [6.07, 6.45) is 0. The normalized spacial score (nSPS) is 11.5. The number of anilines is 2. The number of urea groups is 1. The molecule has 186 valence electrons. The molecule has 0 saturated heterocycles. The first-order chi connectivity index (χ1) is 16.4. The van der Waals surface area contributed by atoms with E-state index >= 15 is 0 Å².